The molecule has 2 atom stereocenters. The van der Waals surface area contributed by atoms with Crippen molar-refractivity contribution in [2.24, 2.45) is 0 Å². The van der Waals surface area contributed by atoms with Crippen molar-refractivity contribution in [1.82, 2.24) is 14.5 Å². The fourth-order valence-corrected chi connectivity index (χ4v) is 4.12. The monoisotopic (exact) mass is 343 g/mol. The Hall–Kier alpha value is -2.04. The highest BCUT2D eigenvalue weighted by Crippen LogP contribution is 2.30. The first-order valence-electron chi connectivity index (χ1n) is 9.48. The summed E-state index contributed by atoms with van der Waals surface area (Å²) in [5.41, 5.74) is 1.84. The fraction of sp³-hybridized carbons (Fsp3) is 0.600. The van der Waals surface area contributed by atoms with E-state index in [1.54, 1.807) is 13.4 Å². The quantitative estimate of drug-likeness (QED) is 0.763. The van der Waals surface area contributed by atoms with Crippen LogP contribution in [0, 0.1) is 0 Å². The summed E-state index contributed by atoms with van der Waals surface area (Å²) >= 11 is 0. The van der Waals surface area contributed by atoms with Crippen LogP contribution in [0.25, 0.3) is 11.0 Å². The van der Waals surface area contributed by atoms with Crippen molar-refractivity contribution in [3.8, 4) is 5.75 Å². The van der Waals surface area contributed by atoms with Gasteiger partial charge in [0.2, 0.25) is 5.91 Å². The number of amides is 1. The largest absolute Gasteiger partial charge is 0.497 e. The van der Waals surface area contributed by atoms with E-state index in [0.717, 1.165) is 55.3 Å². The van der Waals surface area contributed by atoms with E-state index in [4.69, 9.17) is 4.74 Å². The van der Waals surface area contributed by atoms with E-state index in [1.165, 1.54) is 0 Å². The number of carbonyl (C=O) groups excluding carboxylic acids is 1. The van der Waals surface area contributed by atoms with Gasteiger partial charge in [0.1, 0.15) is 12.3 Å². The number of hydrogen-bond acceptors (Lipinski definition) is 3. The van der Waals surface area contributed by atoms with Crippen LogP contribution >= 0.6 is 0 Å². The van der Waals surface area contributed by atoms with Gasteiger partial charge < -0.3 is 14.2 Å². The fourth-order valence-electron chi connectivity index (χ4n) is 4.12. The summed E-state index contributed by atoms with van der Waals surface area (Å²) in [6.07, 6.45) is 8.50. The molecule has 1 saturated heterocycles. The minimum Gasteiger partial charge on any atom is -0.497 e. The van der Waals surface area contributed by atoms with Gasteiger partial charge in [-0.2, -0.15) is 0 Å². The molecule has 1 aliphatic rings. The van der Waals surface area contributed by atoms with Gasteiger partial charge in [0.15, 0.2) is 0 Å². The van der Waals surface area contributed by atoms with E-state index in [-0.39, 0.29) is 5.91 Å². The molecule has 25 heavy (non-hydrogen) atoms. The summed E-state index contributed by atoms with van der Waals surface area (Å²) in [4.78, 5) is 19.7. The summed E-state index contributed by atoms with van der Waals surface area (Å²) < 4.78 is 7.26. The lowest BCUT2D eigenvalue weighted by molar-refractivity contribution is -0.135. The van der Waals surface area contributed by atoms with Crippen molar-refractivity contribution in [1.29, 1.82) is 0 Å². The summed E-state index contributed by atoms with van der Waals surface area (Å²) in [7, 11) is 1.65. The number of imidazole rings is 1. The van der Waals surface area contributed by atoms with Gasteiger partial charge in [0.25, 0.3) is 0 Å². The first-order valence-corrected chi connectivity index (χ1v) is 9.48. The molecule has 0 saturated carbocycles. The van der Waals surface area contributed by atoms with E-state index in [2.05, 4.69) is 23.7 Å². The van der Waals surface area contributed by atoms with Crippen LogP contribution in [-0.4, -0.2) is 39.6 Å². The Morgan fingerprint density at radius 1 is 1.20 bits per heavy atom. The number of rotatable bonds is 7. The maximum absolute atomic E-state index is 13.1. The molecule has 1 aromatic heterocycles. The third kappa shape index (κ3) is 3.65. The molecule has 1 aliphatic heterocycles. The Bertz CT molecular complexity index is 711. The third-order valence-electron chi connectivity index (χ3n) is 5.29. The molecule has 2 aromatic rings. The Balaban J connectivity index is 1.82. The lowest BCUT2D eigenvalue weighted by Gasteiger charge is -2.30. The molecule has 136 valence electrons. The van der Waals surface area contributed by atoms with Gasteiger partial charge in [0, 0.05) is 18.2 Å². The summed E-state index contributed by atoms with van der Waals surface area (Å²) in [5.74, 6) is 1.01. The van der Waals surface area contributed by atoms with Crippen molar-refractivity contribution in [3.63, 3.8) is 0 Å². The highest BCUT2D eigenvalue weighted by atomic mass is 16.5. The van der Waals surface area contributed by atoms with Crippen LogP contribution < -0.4 is 4.74 Å². The zero-order valence-electron chi connectivity index (χ0n) is 15.6. The van der Waals surface area contributed by atoms with Crippen LogP contribution in [0.15, 0.2) is 24.5 Å². The molecular formula is C20H29N3O2. The molecule has 0 radical (unpaired) electrons. The molecule has 2 heterocycles. The highest BCUT2D eigenvalue weighted by Gasteiger charge is 2.35. The van der Waals surface area contributed by atoms with Gasteiger partial charge >= 0.3 is 0 Å². The molecule has 0 bridgehead atoms. The number of carbonyl (C=O) groups is 1. The average Bonchev–Trinajstić information content (AvgIpc) is 3.19. The normalized spacial score (nSPS) is 20.4. The zero-order valence-corrected chi connectivity index (χ0v) is 15.6. The van der Waals surface area contributed by atoms with Crippen LogP contribution in [0.5, 0.6) is 5.75 Å². The SMILES string of the molecule is CCC[C@H]1CC[C@H](CCC)N1C(=O)Cn1cnc2ccc(OC)cc21. The molecule has 1 aromatic carbocycles. The third-order valence-corrected chi connectivity index (χ3v) is 5.29. The first kappa shape index (κ1) is 17.8. The molecule has 5 nitrogen and oxygen atoms in total. The number of likely N-dealkylation sites (tertiary alicyclic amines) is 1. The van der Waals surface area contributed by atoms with Crippen molar-refractivity contribution < 1.29 is 9.53 Å². The topological polar surface area (TPSA) is 47.4 Å². The van der Waals surface area contributed by atoms with Gasteiger partial charge in [-0.05, 0) is 37.8 Å². The van der Waals surface area contributed by atoms with E-state index < -0.39 is 0 Å². The van der Waals surface area contributed by atoms with Gasteiger partial charge in [-0.25, -0.2) is 4.98 Å². The second-order valence-corrected chi connectivity index (χ2v) is 6.99. The lowest BCUT2D eigenvalue weighted by atomic mass is 10.1. The van der Waals surface area contributed by atoms with Gasteiger partial charge in [-0.15, -0.1) is 0 Å². The van der Waals surface area contributed by atoms with E-state index in [9.17, 15) is 4.79 Å². The molecule has 1 fully saturated rings. The standard InChI is InChI=1S/C20H29N3O2/c1-4-6-15-8-9-16(7-5-2)23(15)20(24)13-22-14-21-18-11-10-17(25-3)12-19(18)22/h10-12,14-16H,4-9,13H2,1-3H3/t15-,16-/m0/s1. The highest BCUT2D eigenvalue weighted by molar-refractivity contribution is 5.82. The van der Waals surface area contributed by atoms with Crippen LogP contribution in [0.3, 0.4) is 0 Å². The number of ether oxygens (including phenoxy) is 1. The molecule has 1 amide bonds. The van der Waals surface area contributed by atoms with Crippen molar-refractivity contribution in [2.45, 2.75) is 71.0 Å². The first-order chi connectivity index (χ1) is 12.2. The molecule has 0 spiro atoms. The van der Waals surface area contributed by atoms with Gasteiger partial charge in [-0.1, -0.05) is 26.7 Å². The molecule has 0 unspecified atom stereocenters. The number of benzene rings is 1. The summed E-state index contributed by atoms with van der Waals surface area (Å²) in [6, 6.07) is 6.59. The maximum atomic E-state index is 13.1. The smallest absolute Gasteiger partial charge is 0.243 e. The minimum atomic E-state index is 0.219. The van der Waals surface area contributed by atoms with Crippen LogP contribution in [0.4, 0.5) is 0 Å². The molecular weight excluding hydrogens is 314 g/mol. The minimum absolute atomic E-state index is 0.219. The van der Waals surface area contributed by atoms with E-state index in [1.807, 2.05) is 22.8 Å². The van der Waals surface area contributed by atoms with Crippen molar-refractivity contribution >= 4 is 16.9 Å². The predicted molar refractivity (Wildman–Crippen MR) is 99.8 cm³/mol. The predicted octanol–water partition coefficient (Wildman–Crippen LogP) is 4.00. The van der Waals surface area contributed by atoms with Crippen molar-refractivity contribution in [3.05, 3.63) is 24.5 Å². The molecule has 0 aliphatic carbocycles. The Labute approximate surface area is 150 Å². The Morgan fingerprint density at radius 2 is 1.88 bits per heavy atom. The number of methoxy groups -OCH3 is 1. The second kappa shape index (κ2) is 7.89. The maximum Gasteiger partial charge on any atom is 0.243 e. The lowest BCUT2D eigenvalue weighted by Crippen LogP contribution is -2.42. The Morgan fingerprint density at radius 3 is 2.48 bits per heavy atom. The number of aromatic nitrogens is 2. The van der Waals surface area contributed by atoms with Crippen LogP contribution in [0.1, 0.15) is 52.4 Å². The van der Waals surface area contributed by atoms with Gasteiger partial charge in [-0.3, -0.25) is 4.79 Å². The molecule has 5 heteroatoms. The summed E-state index contributed by atoms with van der Waals surface area (Å²) in [5, 5.41) is 0. The van der Waals surface area contributed by atoms with Gasteiger partial charge in [0.05, 0.1) is 24.5 Å². The van der Waals surface area contributed by atoms with E-state index >= 15 is 0 Å². The van der Waals surface area contributed by atoms with E-state index in [0.29, 0.717) is 18.6 Å². The zero-order chi connectivity index (χ0) is 17.8. The number of hydrogen-bond donors (Lipinski definition) is 0. The van der Waals surface area contributed by atoms with Crippen molar-refractivity contribution in [2.75, 3.05) is 7.11 Å². The average molecular weight is 343 g/mol. The molecule has 3 rings (SSSR count). The number of fused-ring (bicyclic) bond motifs is 1. The molecule has 0 N–H and O–H groups in total. The van der Waals surface area contributed by atoms with Crippen LogP contribution in [0.2, 0.25) is 0 Å². The second-order valence-electron chi connectivity index (χ2n) is 6.99. The summed E-state index contributed by atoms with van der Waals surface area (Å²) in [6.45, 7) is 4.75. The Kier molecular flexibility index (Phi) is 5.61. The van der Waals surface area contributed by atoms with Crippen LogP contribution in [-0.2, 0) is 11.3 Å². The number of nitrogens with zero attached hydrogens (tertiary/aromatic N) is 3.